The number of benzene rings is 1. The van der Waals surface area contributed by atoms with Gasteiger partial charge in [-0.1, -0.05) is 6.07 Å². The maximum absolute atomic E-state index is 12.5. The van der Waals surface area contributed by atoms with E-state index in [0.717, 1.165) is 0 Å². The van der Waals surface area contributed by atoms with Crippen molar-refractivity contribution in [2.75, 3.05) is 13.7 Å². The number of para-hydroxylation sites is 1. The number of methoxy groups -OCH3 is 1. The van der Waals surface area contributed by atoms with E-state index in [1.54, 1.807) is 0 Å². The Morgan fingerprint density at radius 2 is 2.19 bits per heavy atom. The maximum Gasteiger partial charge on any atom is 0.326 e. The number of likely N-dealkylation sites (tertiary alicyclic amines) is 1. The third-order valence-electron chi connectivity index (χ3n) is 3.42. The third-order valence-corrected chi connectivity index (χ3v) is 3.42. The number of amides is 1. The molecule has 8 nitrogen and oxygen atoms in total. The van der Waals surface area contributed by atoms with E-state index in [-0.39, 0.29) is 17.0 Å². The molecule has 2 rings (SSSR count). The van der Waals surface area contributed by atoms with E-state index in [9.17, 15) is 19.7 Å². The van der Waals surface area contributed by atoms with E-state index in [2.05, 4.69) is 0 Å². The lowest BCUT2D eigenvalue weighted by molar-refractivity contribution is -0.385. The summed E-state index contributed by atoms with van der Waals surface area (Å²) in [5, 5.41) is 20.1. The standard InChI is InChI=1S/C13H14N2O6/c1-21-11-8(4-2-5-9(11)15(19)20)12(16)14-7-3-6-10(14)13(17)18/h2,4-5,10H,3,6-7H2,1H3,(H,17,18)/t10-/m1/s1. The molecule has 0 spiro atoms. The minimum Gasteiger partial charge on any atom is -0.490 e. The monoisotopic (exact) mass is 294 g/mol. The van der Waals surface area contributed by atoms with Crippen molar-refractivity contribution in [3.05, 3.63) is 33.9 Å². The zero-order valence-electron chi connectivity index (χ0n) is 11.3. The van der Waals surface area contributed by atoms with Crippen LogP contribution in [0.15, 0.2) is 18.2 Å². The molecule has 0 aromatic heterocycles. The number of carboxylic acid groups (broad SMARTS) is 1. The minimum absolute atomic E-state index is 0.000139. The summed E-state index contributed by atoms with van der Waals surface area (Å²) < 4.78 is 4.98. The van der Waals surface area contributed by atoms with Crippen LogP contribution in [-0.2, 0) is 4.79 Å². The average Bonchev–Trinajstić information content (AvgIpc) is 2.95. The van der Waals surface area contributed by atoms with Crippen LogP contribution in [0.4, 0.5) is 5.69 Å². The van der Waals surface area contributed by atoms with Crippen LogP contribution in [0.3, 0.4) is 0 Å². The molecule has 1 amide bonds. The number of carboxylic acids is 1. The highest BCUT2D eigenvalue weighted by molar-refractivity contribution is 6.00. The van der Waals surface area contributed by atoms with Gasteiger partial charge in [-0.05, 0) is 18.9 Å². The number of hydrogen-bond donors (Lipinski definition) is 1. The van der Waals surface area contributed by atoms with Crippen molar-refractivity contribution in [2.24, 2.45) is 0 Å². The first kappa shape index (κ1) is 14.8. The van der Waals surface area contributed by atoms with E-state index < -0.39 is 22.8 Å². The Kier molecular flexibility index (Phi) is 4.06. The fourth-order valence-electron chi connectivity index (χ4n) is 2.47. The number of ether oxygens (including phenoxy) is 1. The van der Waals surface area contributed by atoms with Crippen molar-refractivity contribution in [3.63, 3.8) is 0 Å². The quantitative estimate of drug-likeness (QED) is 0.662. The molecule has 1 fully saturated rings. The number of nitro benzene ring substituents is 1. The molecule has 1 heterocycles. The number of carbonyl (C=O) groups is 2. The van der Waals surface area contributed by atoms with Gasteiger partial charge in [0, 0.05) is 12.6 Å². The Morgan fingerprint density at radius 1 is 1.48 bits per heavy atom. The van der Waals surface area contributed by atoms with E-state index in [4.69, 9.17) is 9.84 Å². The lowest BCUT2D eigenvalue weighted by Gasteiger charge is -2.22. The third kappa shape index (κ3) is 2.64. The van der Waals surface area contributed by atoms with Crippen molar-refractivity contribution in [3.8, 4) is 5.75 Å². The number of nitrogens with zero attached hydrogens (tertiary/aromatic N) is 2. The van der Waals surface area contributed by atoms with Crippen molar-refractivity contribution in [1.82, 2.24) is 4.90 Å². The van der Waals surface area contributed by atoms with Crippen molar-refractivity contribution in [1.29, 1.82) is 0 Å². The molecule has 0 radical (unpaired) electrons. The zero-order chi connectivity index (χ0) is 15.6. The number of carbonyl (C=O) groups excluding carboxylic acids is 1. The SMILES string of the molecule is COc1c(C(=O)N2CCC[C@@H]2C(=O)O)cccc1[N+](=O)[O-]. The molecule has 21 heavy (non-hydrogen) atoms. The lowest BCUT2D eigenvalue weighted by Crippen LogP contribution is -2.40. The fourth-order valence-corrected chi connectivity index (χ4v) is 2.47. The van der Waals surface area contributed by atoms with Crippen molar-refractivity contribution >= 4 is 17.6 Å². The lowest BCUT2D eigenvalue weighted by atomic mass is 10.1. The predicted molar refractivity (Wildman–Crippen MR) is 71.3 cm³/mol. The summed E-state index contributed by atoms with van der Waals surface area (Å²) in [7, 11) is 1.23. The summed E-state index contributed by atoms with van der Waals surface area (Å²) >= 11 is 0. The van der Waals surface area contributed by atoms with Gasteiger partial charge in [-0.3, -0.25) is 14.9 Å². The summed E-state index contributed by atoms with van der Waals surface area (Å²) in [4.78, 5) is 35.1. The molecule has 1 N–H and O–H groups in total. The van der Waals surface area contributed by atoms with Crippen LogP contribution in [0.1, 0.15) is 23.2 Å². The molecule has 0 unspecified atom stereocenters. The summed E-state index contributed by atoms with van der Waals surface area (Å²) in [6, 6.07) is 3.10. The molecule has 0 aliphatic carbocycles. The van der Waals surface area contributed by atoms with Gasteiger partial charge in [0.25, 0.3) is 5.91 Å². The molecule has 1 aromatic carbocycles. The largest absolute Gasteiger partial charge is 0.490 e. The average molecular weight is 294 g/mol. The van der Waals surface area contributed by atoms with E-state index >= 15 is 0 Å². The molecule has 1 aliphatic rings. The van der Waals surface area contributed by atoms with Crippen molar-refractivity contribution < 1.29 is 24.4 Å². The van der Waals surface area contributed by atoms with Gasteiger partial charge in [0.2, 0.25) is 5.75 Å². The van der Waals surface area contributed by atoms with Crippen LogP contribution in [0.5, 0.6) is 5.75 Å². The normalized spacial score (nSPS) is 17.6. The highest BCUT2D eigenvalue weighted by atomic mass is 16.6. The first-order valence-corrected chi connectivity index (χ1v) is 6.32. The Labute approximate surface area is 120 Å². The van der Waals surface area contributed by atoms with Crippen molar-refractivity contribution in [2.45, 2.75) is 18.9 Å². The second kappa shape index (κ2) is 5.78. The first-order valence-electron chi connectivity index (χ1n) is 6.32. The first-order chi connectivity index (χ1) is 9.97. The molecule has 1 aromatic rings. The van der Waals surface area contributed by atoms with Gasteiger partial charge < -0.3 is 14.7 Å². The van der Waals surface area contributed by atoms with Gasteiger partial charge in [-0.2, -0.15) is 0 Å². The summed E-state index contributed by atoms with van der Waals surface area (Å²) in [5.41, 5.74) is -0.325. The summed E-state index contributed by atoms with van der Waals surface area (Å²) in [6.45, 7) is 0.307. The van der Waals surface area contributed by atoms with Gasteiger partial charge in [0.15, 0.2) is 0 Å². The Bertz CT molecular complexity index is 600. The molecule has 1 atom stereocenters. The van der Waals surface area contributed by atoms with Gasteiger partial charge >= 0.3 is 11.7 Å². The van der Waals surface area contributed by atoms with Crippen LogP contribution in [0, 0.1) is 10.1 Å². The van der Waals surface area contributed by atoms with Crippen LogP contribution in [-0.4, -0.2) is 46.5 Å². The Hall–Kier alpha value is -2.64. The number of nitro groups is 1. The van der Waals surface area contributed by atoms with E-state index in [0.29, 0.717) is 19.4 Å². The smallest absolute Gasteiger partial charge is 0.326 e. The Morgan fingerprint density at radius 3 is 2.76 bits per heavy atom. The maximum atomic E-state index is 12.5. The molecule has 1 saturated heterocycles. The second-order valence-corrected chi connectivity index (χ2v) is 4.61. The van der Waals surface area contributed by atoms with Crippen LogP contribution in [0.2, 0.25) is 0 Å². The van der Waals surface area contributed by atoms with E-state index in [1.807, 2.05) is 0 Å². The molecular formula is C13H14N2O6. The van der Waals surface area contributed by atoms with Crippen LogP contribution < -0.4 is 4.74 Å². The molecule has 0 saturated carbocycles. The van der Waals surface area contributed by atoms with Crippen LogP contribution >= 0.6 is 0 Å². The number of hydrogen-bond acceptors (Lipinski definition) is 5. The topological polar surface area (TPSA) is 110 Å². The summed E-state index contributed by atoms with van der Waals surface area (Å²) in [5.74, 6) is -1.80. The van der Waals surface area contributed by atoms with Gasteiger partial charge in [-0.25, -0.2) is 4.79 Å². The molecule has 0 bridgehead atoms. The summed E-state index contributed by atoms with van der Waals surface area (Å²) in [6.07, 6.45) is 0.957. The number of rotatable bonds is 4. The molecule has 1 aliphatic heterocycles. The highest BCUT2D eigenvalue weighted by Gasteiger charge is 2.36. The van der Waals surface area contributed by atoms with Gasteiger partial charge in [0.05, 0.1) is 17.6 Å². The molecular weight excluding hydrogens is 280 g/mol. The zero-order valence-corrected chi connectivity index (χ0v) is 11.3. The van der Waals surface area contributed by atoms with Gasteiger partial charge in [0.1, 0.15) is 6.04 Å². The second-order valence-electron chi connectivity index (χ2n) is 4.61. The Balaban J connectivity index is 2.42. The minimum atomic E-state index is -1.08. The predicted octanol–water partition coefficient (Wildman–Crippen LogP) is 1.29. The molecule has 8 heteroatoms. The van der Waals surface area contributed by atoms with Crippen LogP contribution in [0.25, 0.3) is 0 Å². The highest BCUT2D eigenvalue weighted by Crippen LogP contribution is 2.32. The van der Waals surface area contributed by atoms with E-state index in [1.165, 1.54) is 30.2 Å². The number of aliphatic carboxylic acids is 1. The molecule has 112 valence electrons. The fraction of sp³-hybridized carbons (Fsp3) is 0.385. The van der Waals surface area contributed by atoms with Gasteiger partial charge in [-0.15, -0.1) is 0 Å².